The number of rotatable bonds is 15. The van der Waals surface area contributed by atoms with Crippen molar-refractivity contribution in [2.45, 2.75) is 32.4 Å². The van der Waals surface area contributed by atoms with Gasteiger partial charge >= 0.3 is 5.97 Å². The predicted octanol–water partition coefficient (Wildman–Crippen LogP) is 4.51. The molecule has 0 aliphatic rings. The highest BCUT2D eigenvalue weighted by atomic mass is 16.5. The van der Waals surface area contributed by atoms with Gasteiger partial charge in [0, 0.05) is 34.4 Å². The van der Waals surface area contributed by atoms with Gasteiger partial charge in [0.2, 0.25) is 11.8 Å². The second kappa shape index (κ2) is 19.0. The molecule has 1 atom stereocenters. The Morgan fingerprint density at radius 2 is 1.25 bits per heavy atom. The van der Waals surface area contributed by atoms with Crippen LogP contribution in [0.3, 0.4) is 0 Å². The second-order valence-electron chi connectivity index (χ2n) is 13.1. The van der Waals surface area contributed by atoms with Crippen molar-refractivity contribution in [1.82, 2.24) is 10.3 Å². The standard InChI is InChI=1S/C42H36N8O10/c1-22(2)60-36-31(18-16-30(35(36)52)39(55)46-27-14-8-26(9-15-27)42(58)59)49-37(53)24-4-12-29(13-5-24)48-41(57)33(19-34(44)51)50-38(54)25-6-10-28(11-7-25)47-40(56)32-17-3-23(20-43)21-45-32/h3-18,21-22,33,52H,19H2,1-2H3,(H2,44,51)(H,46,55)(H,47,56)(H,48,57)(H,49,53)(H,50,54)(H,58,59). The van der Waals surface area contributed by atoms with E-state index in [9.17, 15) is 38.7 Å². The number of carboxylic acid groups (broad SMARTS) is 1. The zero-order valence-corrected chi connectivity index (χ0v) is 31.8. The van der Waals surface area contributed by atoms with E-state index in [1.54, 1.807) is 13.8 Å². The minimum atomic E-state index is -1.39. The van der Waals surface area contributed by atoms with E-state index in [0.717, 1.165) is 0 Å². The number of benzene rings is 4. The molecule has 1 heterocycles. The number of phenolic OH excluding ortho intramolecular Hbond substituents is 1. The van der Waals surface area contributed by atoms with Gasteiger partial charge in [0.1, 0.15) is 17.8 Å². The molecule has 0 bridgehead atoms. The third-order valence-corrected chi connectivity index (χ3v) is 8.34. The number of phenols is 1. The molecule has 0 aliphatic heterocycles. The predicted molar refractivity (Wildman–Crippen MR) is 217 cm³/mol. The highest BCUT2D eigenvalue weighted by molar-refractivity contribution is 6.10. The molecule has 304 valence electrons. The molecule has 0 saturated carbocycles. The van der Waals surface area contributed by atoms with Crippen LogP contribution in [0.15, 0.2) is 103 Å². The Bertz CT molecular complexity index is 2500. The number of primary amides is 1. The fraction of sp³-hybridized carbons (Fsp3) is 0.119. The van der Waals surface area contributed by atoms with Crippen LogP contribution < -0.4 is 37.1 Å². The molecule has 0 aliphatic carbocycles. The number of hydrogen-bond acceptors (Lipinski definition) is 11. The minimum absolute atomic E-state index is 0.0186. The Morgan fingerprint density at radius 3 is 1.77 bits per heavy atom. The van der Waals surface area contributed by atoms with Gasteiger partial charge in [-0.25, -0.2) is 9.78 Å². The molecular formula is C42H36N8O10. The van der Waals surface area contributed by atoms with Crippen molar-refractivity contribution in [3.05, 3.63) is 137 Å². The van der Waals surface area contributed by atoms with Crippen molar-refractivity contribution < 1.29 is 48.5 Å². The Kier molecular flexibility index (Phi) is 13.5. The topological polar surface area (TPSA) is 292 Å². The van der Waals surface area contributed by atoms with E-state index in [4.69, 9.17) is 20.8 Å². The van der Waals surface area contributed by atoms with Crippen LogP contribution in [0.25, 0.3) is 0 Å². The van der Waals surface area contributed by atoms with Crippen molar-refractivity contribution in [2.24, 2.45) is 5.73 Å². The lowest BCUT2D eigenvalue weighted by Crippen LogP contribution is -2.46. The number of nitriles is 1. The number of carboxylic acids is 1. The quantitative estimate of drug-likeness (QED) is 0.0724. The van der Waals surface area contributed by atoms with Gasteiger partial charge in [-0.3, -0.25) is 28.8 Å². The van der Waals surface area contributed by atoms with Crippen LogP contribution in [-0.2, 0) is 9.59 Å². The maximum atomic E-state index is 13.3. The lowest BCUT2D eigenvalue weighted by Gasteiger charge is -2.19. The fourth-order valence-electron chi connectivity index (χ4n) is 5.38. The average molecular weight is 813 g/mol. The molecule has 5 rings (SSSR count). The van der Waals surface area contributed by atoms with E-state index in [0.29, 0.717) is 5.69 Å². The Balaban J connectivity index is 1.21. The molecule has 5 aromatic rings. The zero-order valence-electron chi connectivity index (χ0n) is 31.8. The summed E-state index contributed by atoms with van der Waals surface area (Å²) in [5.41, 5.74) is 6.61. The van der Waals surface area contributed by atoms with Gasteiger partial charge in [0.05, 0.1) is 34.9 Å². The van der Waals surface area contributed by atoms with Crippen LogP contribution in [0.1, 0.15) is 77.8 Å². The van der Waals surface area contributed by atoms with Crippen LogP contribution in [0.4, 0.5) is 22.7 Å². The lowest BCUT2D eigenvalue weighted by molar-refractivity contribution is -0.123. The van der Waals surface area contributed by atoms with Gasteiger partial charge in [0.15, 0.2) is 11.5 Å². The number of amides is 6. The maximum Gasteiger partial charge on any atom is 0.335 e. The smallest absolute Gasteiger partial charge is 0.335 e. The molecule has 0 saturated heterocycles. The van der Waals surface area contributed by atoms with Gasteiger partial charge in [-0.05, 0) is 111 Å². The number of nitrogens with one attached hydrogen (secondary N) is 5. The second-order valence-corrected chi connectivity index (χ2v) is 13.1. The van der Waals surface area contributed by atoms with Crippen molar-refractivity contribution in [3.8, 4) is 17.6 Å². The summed E-state index contributed by atoms with van der Waals surface area (Å²) < 4.78 is 5.76. The number of hydrogen-bond donors (Lipinski definition) is 8. The first-order chi connectivity index (χ1) is 28.6. The van der Waals surface area contributed by atoms with E-state index >= 15 is 0 Å². The Morgan fingerprint density at radius 1 is 0.700 bits per heavy atom. The number of anilines is 4. The molecule has 0 radical (unpaired) electrons. The van der Waals surface area contributed by atoms with Crippen LogP contribution >= 0.6 is 0 Å². The van der Waals surface area contributed by atoms with Crippen LogP contribution in [0.2, 0.25) is 0 Å². The number of ether oxygens (including phenoxy) is 1. The van der Waals surface area contributed by atoms with Gasteiger partial charge < -0.3 is 47.3 Å². The monoisotopic (exact) mass is 812 g/mol. The van der Waals surface area contributed by atoms with E-state index < -0.39 is 65.7 Å². The van der Waals surface area contributed by atoms with Crippen LogP contribution in [-0.4, -0.2) is 68.8 Å². The molecule has 18 heteroatoms. The largest absolute Gasteiger partial charge is 0.504 e. The summed E-state index contributed by atoms with van der Waals surface area (Å²) in [6.07, 6.45) is 0.227. The fourth-order valence-corrected chi connectivity index (χ4v) is 5.38. The molecule has 0 spiro atoms. The number of aromatic nitrogens is 1. The molecule has 1 aromatic heterocycles. The molecule has 0 fully saturated rings. The van der Waals surface area contributed by atoms with E-state index in [1.165, 1.54) is 103 Å². The van der Waals surface area contributed by atoms with Crippen LogP contribution in [0.5, 0.6) is 11.5 Å². The molecule has 1 unspecified atom stereocenters. The first kappa shape index (κ1) is 42.6. The normalized spacial score (nSPS) is 11.0. The first-order valence-corrected chi connectivity index (χ1v) is 17.9. The summed E-state index contributed by atoms with van der Waals surface area (Å²) in [6, 6.07) is 22.6. The number of carbonyl (C=O) groups is 7. The van der Waals surface area contributed by atoms with E-state index in [2.05, 4.69) is 31.6 Å². The number of nitrogens with zero attached hydrogens (tertiary/aromatic N) is 2. The summed E-state index contributed by atoms with van der Waals surface area (Å²) in [7, 11) is 0. The number of aromatic hydroxyl groups is 1. The summed E-state index contributed by atoms with van der Waals surface area (Å²) in [4.78, 5) is 92.0. The van der Waals surface area contributed by atoms with Gasteiger partial charge in [-0.1, -0.05) is 0 Å². The molecule has 18 nitrogen and oxygen atoms in total. The SMILES string of the molecule is CC(C)Oc1c(NC(=O)c2ccc(NC(=O)C(CC(N)=O)NC(=O)c3ccc(NC(=O)c4ccc(C#N)cn4)cc3)cc2)ccc(C(=O)Nc2ccc(C(=O)O)cc2)c1O. The zero-order chi connectivity index (χ0) is 43.5. The number of pyridine rings is 1. The molecule has 4 aromatic carbocycles. The van der Waals surface area contributed by atoms with Gasteiger partial charge in [-0.2, -0.15) is 5.26 Å². The third kappa shape index (κ3) is 11.0. The van der Waals surface area contributed by atoms with Crippen molar-refractivity contribution in [2.75, 3.05) is 21.3 Å². The maximum absolute atomic E-state index is 13.3. The van der Waals surface area contributed by atoms with Gasteiger partial charge in [-0.15, -0.1) is 0 Å². The Labute approximate surface area is 341 Å². The van der Waals surface area contributed by atoms with Gasteiger partial charge in [0.25, 0.3) is 23.6 Å². The number of carbonyl (C=O) groups excluding carboxylic acids is 6. The molecular weight excluding hydrogens is 777 g/mol. The summed E-state index contributed by atoms with van der Waals surface area (Å²) in [5.74, 6) is -6.18. The van der Waals surface area contributed by atoms with Crippen LogP contribution in [0, 0.1) is 11.3 Å². The first-order valence-electron chi connectivity index (χ1n) is 17.9. The summed E-state index contributed by atoms with van der Waals surface area (Å²) >= 11 is 0. The Hall–Kier alpha value is -8.59. The number of aromatic carboxylic acids is 1. The van der Waals surface area contributed by atoms with Crippen molar-refractivity contribution >= 4 is 64.2 Å². The van der Waals surface area contributed by atoms with Crippen molar-refractivity contribution in [1.29, 1.82) is 5.26 Å². The highest BCUT2D eigenvalue weighted by Crippen LogP contribution is 2.39. The third-order valence-electron chi connectivity index (χ3n) is 8.34. The lowest BCUT2D eigenvalue weighted by atomic mass is 10.1. The minimum Gasteiger partial charge on any atom is -0.504 e. The van der Waals surface area contributed by atoms with E-state index in [1.807, 2.05) is 6.07 Å². The highest BCUT2D eigenvalue weighted by Gasteiger charge is 2.25. The molecule has 9 N–H and O–H groups in total. The van der Waals surface area contributed by atoms with Crippen molar-refractivity contribution in [3.63, 3.8) is 0 Å². The number of nitrogens with two attached hydrogens (primary N) is 1. The average Bonchev–Trinajstić information content (AvgIpc) is 3.22. The summed E-state index contributed by atoms with van der Waals surface area (Å²) in [6.45, 7) is 3.35. The molecule has 60 heavy (non-hydrogen) atoms. The molecule has 6 amide bonds. The van der Waals surface area contributed by atoms with E-state index in [-0.39, 0.29) is 56.3 Å². The summed E-state index contributed by atoms with van der Waals surface area (Å²) in [5, 5.41) is 41.9.